The van der Waals surface area contributed by atoms with Crippen molar-refractivity contribution in [1.82, 2.24) is 25.4 Å². The van der Waals surface area contributed by atoms with Crippen LogP contribution in [-0.4, -0.2) is 51.0 Å². The zero-order valence-corrected chi connectivity index (χ0v) is 13.1. The number of nitrogens with one attached hydrogen (secondary N) is 2. The number of nitrogens with zero attached hydrogens (tertiary/aromatic N) is 3. The predicted molar refractivity (Wildman–Crippen MR) is 77.8 cm³/mol. The number of carbonyl (C=O) groups excluding carboxylic acids is 2. The highest BCUT2D eigenvalue weighted by molar-refractivity contribution is 5.90. The van der Waals surface area contributed by atoms with Crippen molar-refractivity contribution in [3.63, 3.8) is 0 Å². The van der Waals surface area contributed by atoms with Crippen LogP contribution < -0.4 is 5.32 Å². The summed E-state index contributed by atoms with van der Waals surface area (Å²) >= 11 is 0. The van der Waals surface area contributed by atoms with E-state index in [4.69, 9.17) is 0 Å². The number of amides is 2. The summed E-state index contributed by atoms with van der Waals surface area (Å²) in [5, 5.41) is 9.58. The molecule has 7 heteroatoms. The maximum atomic E-state index is 12.1. The number of carbonyl (C=O) groups is 2. The summed E-state index contributed by atoms with van der Waals surface area (Å²) in [4.78, 5) is 29.7. The number of aromatic nitrogens is 3. The van der Waals surface area contributed by atoms with E-state index in [9.17, 15) is 9.59 Å². The fourth-order valence-electron chi connectivity index (χ4n) is 2.26. The van der Waals surface area contributed by atoms with Crippen LogP contribution in [-0.2, 0) is 10.2 Å². The number of hydrogen-bond acceptors (Lipinski definition) is 4. The van der Waals surface area contributed by atoms with Gasteiger partial charge in [0.1, 0.15) is 5.82 Å². The van der Waals surface area contributed by atoms with Gasteiger partial charge in [0.2, 0.25) is 11.7 Å². The van der Waals surface area contributed by atoms with Crippen molar-refractivity contribution in [3.05, 3.63) is 11.6 Å². The van der Waals surface area contributed by atoms with Crippen molar-refractivity contribution in [2.45, 2.75) is 52.0 Å². The first-order valence-corrected chi connectivity index (χ1v) is 7.29. The Hall–Kier alpha value is -1.92. The van der Waals surface area contributed by atoms with Crippen molar-refractivity contribution in [2.24, 2.45) is 0 Å². The van der Waals surface area contributed by atoms with Crippen LogP contribution in [0.25, 0.3) is 0 Å². The van der Waals surface area contributed by atoms with Gasteiger partial charge in [0.15, 0.2) is 0 Å². The molecule has 2 N–H and O–H groups in total. The first-order valence-electron chi connectivity index (χ1n) is 7.29. The van der Waals surface area contributed by atoms with Gasteiger partial charge in [-0.05, 0) is 13.3 Å². The highest BCUT2D eigenvalue weighted by atomic mass is 16.2. The van der Waals surface area contributed by atoms with Gasteiger partial charge in [-0.3, -0.25) is 14.7 Å². The molecule has 1 aromatic heterocycles. The number of rotatable bonds is 4. The van der Waals surface area contributed by atoms with Crippen LogP contribution >= 0.6 is 0 Å². The van der Waals surface area contributed by atoms with Gasteiger partial charge in [0.25, 0.3) is 5.91 Å². The monoisotopic (exact) mass is 293 g/mol. The van der Waals surface area contributed by atoms with Gasteiger partial charge in [-0.25, -0.2) is 4.98 Å². The summed E-state index contributed by atoms with van der Waals surface area (Å²) in [5.41, 5.74) is -0.181. The Labute approximate surface area is 124 Å². The average molecular weight is 293 g/mol. The fourth-order valence-corrected chi connectivity index (χ4v) is 2.26. The third-order valence-electron chi connectivity index (χ3n) is 3.44. The third-order valence-corrected chi connectivity index (χ3v) is 3.44. The molecule has 1 aliphatic rings. The fraction of sp³-hybridized carbons (Fsp3) is 0.714. The minimum atomic E-state index is -0.319. The molecule has 0 aliphatic carbocycles. The van der Waals surface area contributed by atoms with E-state index in [-0.39, 0.29) is 29.1 Å². The van der Waals surface area contributed by atoms with Crippen LogP contribution in [0.4, 0.5) is 0 Å². The lowest BCUT2D eigenvalue weighted by Crippen LogP contribution is -2.42. The molecule has 116 valence electrons. The first-order chi connectivity index (χ1) is 9.77. The molecular weight excluding hydrogens is 270 g/mol. The van der Waals surface area contributed by atoms with Crippen molar-refractivity contribution >= 4 is 11.8 Å². The minimum Gasteiger partial charge on any atom is -0.345 e. The second kappa shape index (κ2) is 5.83. The lowest BCUT2D eigenvalue weighted by Gasteiger charge is -2.21. The van der Waals surface area contributed by atoms with E-state index in [2.05, 4.69) is 20.5 Å². The van der Waals surface area contributed by atoms with Crippen LogP contribution in [0.15, 0.2) is 0 Å². The van der Waals surface area contributed by atoms with Gasteiger partial charge in [-0.2, -0.15) is 0 Å². The molecule has 1 saturated heterocycles. The Morgan fingerprint density at radius 1 is 1.48 bits per heavy atom. The maximum Gasteiger partial charge on any atom is 0.291 e. The van der Waals surface area contributed by atoms with Crippen LogP contribution in [0, 0.1) is 0 Å². The number of likely N-dealkylation sites (tertiary alicyclic amines) is 1. The molecule has 7 nitrogen and oxygen atoms in total. The zero-order valence-electron chi connectivity index (χ0n) is 13.1. The molecule has 0 aromatic carbocycles. The molecule has 0 radical (unpaired) electrons. The predicted octanol–water partition coefficient (Wildman–Crippen LogP) is 0.843. The molecule has 0 bridgehead atoms. The second-order valence-electron chi connectivity index (χ2n) is 6.58. The molecule has 0 spiro atoms. The summed E-state index contributed by atoms with van der Waals surface area (Å²) in [6.07, 6.45) is 1.51. The van der Waals surface area contributed by atoms with Crippen molar-refractivity contribution in [2.75, 3.05) is 13.1 Å². The quantitative estimate of drug-likeness (QED) is 0.860. The minimum absolute atomic E-state index is 0.129. The smallest absolute Gasteiger partial charge is 0.291 e. The number of H-pyrrole nitrogens is 1. The Bertz CT molecular complexity index is 532. The highest BCUT2D eigenvalue weighted by Gasteiger charge is 2.24. The Kier molecular flexibility index (Phi) is 4.29. The molecule has 1 atom stereocenters. The molecule has 0 saturated carbocycles. The summed E-state index contributed by atoms with van der Waals surface area (Å²) < 4.78 is 0. The van der Waals surface area contributed by atoms with E-state index in [0.717, 1.165) is 13.0 Å². The van der Waals surface area contributed by atoms with Crippen molar-refractivity contribution in [3.8, 4) is 0 Å². The largest absolute Gasteiger partial charge is 0.345 e. The van der Waals surface area contributed by atoms with E-state index in [1.54, 1.807) is 4.90 Å². The maximum absolute atomic E-state index is 12.1. The van der Waals surface area contributed by atoms with E-state index in [1.807, 2.05) is 27.7 Å². The molecule has 21 heavy (non-hydrogen) atoms. The van der Waals surface area contributed by atoms with E-state index < -0.39 is 0 Å². The van der Waals surface area contributed by atoms with E-state index in [1.165, 1.54) is 0 Å². The van der Waals surface area contributed by atoms with Gasteiger partial charge < -0.3 is 10.2 Å². The summed E-state index contributed by atoms with van der Waals surface area (Å²) in [7, 11) is 0. The molecule has 1 aliphatic heterocycles. The topological polar surface area (TPSA) is 91.0 Å². The molecule has 1 fully saturated rings. The van der Waals surface area contributed by atoms with Gasteiger partial charge in [-0.15, -0.1) is 5.10 Å². The van der Waals surface area contributed by atoms with Crippen LogP contribution in [0.3, 0.4) is 0 Å². The first kappa shape index (κ1) is 15.5. The van der Waals surface area contributed by atoms with Crippen molar-refractivity contribution < 1.29 is 9.59 Å². The lowest BCUT2D eigenvalue weighted by atomic mass is 9.96. The normalized spacial score (nSPS) is 17.1. The molecule has 2 rings (SSSR count). The van der Waals surface area contributed by atoms with E-state index >= 15 is 0 Å². The van der Waals surface area contributed by atoms with Crippen LogP contribution in [0.1, 0.15) is 57.0 Å². The number of aromatic amines is 1. The van der Waals surface area contributed by atoms with Crippen LogP contribution in [0.5, 0.6) is 0 Å². The Morgan fingerprint density at radius 3 is 2.71 bits per heavy atom. The molecular formula is C14H23N5O2. The molecule has 1 aromatic rings. The molecule has 2 amide bonds. The molecule has 1 unspecified atom stereocenters. The standard InChI is InChI=1S/C14H23N5O2/c1-9(8-19-7-5-6-10(19)20)15-12(21)11-16-13(18-17-11)14(2,3)4/h9H,5-8H2,1-4H3,(H,15,21)(H,16,17,18). The number of hydrogen-bond donors (Lipinski definition) is 2. The summed E-state index contributed by atoms with van der Waals surface area (Å²) in [5.74, 6) is 0.652. The zero-order chi connectivity index (χ0) is 15.6. The summed E-state index contributed by atoms with van der Waals surface area (Å²) in [6.45, 7) is 9.17. The lowest BCUT2D eigenvalue weighted by molar-refractivity contribution is -0.127. The Balaban J connectivity index is 1.91. The summed E-state index contributed by atoms with van der Waals surface area (Å²) in [6, 6.07) is -0.129. The van der Waals surface area contributed by atoms with Gasteiger partial charge in [0, 0.05) is 31.0 Å². The highest BCUT2D eigenvalue weighted by Crippen LogP contribution is 2.17. The Morgan fingerprint density at radius 2 is 2.19 bits per heavy atom. The van der Waals surface area contributed by atoms with Gasteiger partial charge in [-0.1, -0.05) is 20.8 Å². The third kappa shape index (κ3) is 3.80. The average Bonchev–Trinajstić information content (AvgIpc) is 2.98. The second-order valence-corrected chi connectivity index (χ2v) is 6.58. The van der Waals surface area contributed by atoms with E-state index in [0.29, 0.717) is 18.8 Å². The van der Waals surface area contributed by atoms with Gasteiger partial charge in [0.05, 0.1) is 0 Å². The SMILES string of the molecule is CC(CN1CCCC1=O)NC(=O)c1n[nH]c(C(C)(C)C)n1. The van der Waals surface area contributed by atoms with Crippen LogP contribution in [0.2, 0.25) is 0 Å². The van der Waals surface area contributed by atoms with Gasteiger partial charge >= 0.3 is 0 Å². The van der Waals surface area contributed by atoms with Crippen molar-refractivity contribution in [1.29, 1.82) is 0 Å². The molecule has 2 heterocycles.